The van der Waals surface area contributed by atoms with Crippen LogP contribution >= 0.6 is 0 Å². The Morgan fingerprint density at radius 3 is 2.44 bits per heavy atom. The fourth-order valence-electron chi connectivity index (χ4n) is 2.33. The van der Waals surface area contributed by atoms with Crippen LogP contribution in [0.2, 0.25) is 0 Å². The van der Waals surface area contributed by atoms with E-state index < -0.39 is 5.91 Å². The van der Waals surface area contributed by atoms with Gasteiger partial charge in [0.1, 0.15) is 5.75 Å². The molecule has 3 aromatic rings. The van der Waals surface area contributed by atoms with E-state index in [2.05, 4.69) is 15.5 Å². The van der Waals surface area contributed by atoms with Crippen molar-refractivity contribution >= 4 is 11.9 Å². The van der Waals surface area contributed by atoms with E-state index in [1.807, 2.05) is 30.3 Å². The molecule has 27 heavy (non-hydrogen) atoms. The first-order valence-electron chi connectivity index (χ1n) is 8.19. The van der Waals surface area contributed by atoms with E-state index in [9.17, 15) is 4.79 Å². The number of hydrogen-bond acceptors (Lipinski definition) is 7. The fraction of sp³-hybridized carbons (Fsp3) is 0.211. The molecule has 0 aliphatic rings. The number of hydrogen-bond donors (Lipinski definition) is 1. The molecule has 0 saturated carbocycles. The van der Waals surface area contributed by atoms with Gasteiger partial charge in [-0.15, -0.1) is 5.10 Å². The van der Waals surface area contributed by atoms with Crippen molar-refractivity contribution in [1.82, 2.24) is 10.2 Å². The van der Waals surface area contributed by atoms with Crippen LogP contribution in [0.25, 0.3) is 0 Å². The number of nitrogens with one attached hydrogen (secondary N) is 1. The zero-order chi connectivity index (χ0) is 19.1. The molecule has 8 heteroatoms. The van der Waals surface area contributed by atoms with Crippen molar-refractivity contribution in [3.05, 3.63) is 60.0 Å². The zero-order valence-electron chi connectivity index (χ0n) is 15.0. The number of carbonyl (C=O) groups excluding carboxylic acids is 1. The van der Waals surface area contributed by atoms with Gasteiger partial charge in [-0.25, -0.2) is 0 Å². The number of para-hydroxylation sites is 2. The van der Waals surface area contributed by atoms with Crippen molar-refractivity contribution in [2.75, 3.05) is 26.1 Å². The SMILES string of the molecule is COc1ccc(Cc2nnc(NC(=O)COc3ccccc3OC)o2)cc1. The molecule has 0 radical (unpaired) electrons. The summed E-state index contributed by atoms with van der Waals surface area (Å²) in [5, 5.41) is 10.3. The highest BCUT2D eigenvalue weighted by Gasteiger charge is 2.12. The van der Waals surface area contributed by atoms with Gasteiger partial charge in [0.05, 0.1) is 20.6 Å². The van der Waals surface area contributed by atoms with Gasteiger partial charge >= 0.3 is 6.01 Å². The number of anilines is 1. The third kappa shape index (κ3) is 4.97. The number of amides is 1. The van der Waals surface area contributed by atoms with Crippen molar-refractivity contribution in [3.63, 3.8) is 0 Å². The molecule has 0 atom stereocenters. The molecular weight excluding hydrogens is 350 g/mol. The van der Waals surface area contributed by atoms with Crippen LogP contribution in [0.1, 0.15) is 11.5 Å². The molecule has 3 rings (SSSR count). The third-order valence-electron chi connectivity index (χ3n) is 3.66. The molecule has 8 nitrogen and oxygen atoms in total. The Morgan fingerprint density at radius 2 is 1.74 bits per heavy atom. The summed E-state index contributed by atoms with van der Waals surface area (Å²) in [5.74, 6) is 1.76. The quantitative estimate of drug-likeness (QED) is 0.652. The first kappa shape index (κ1) is 18.2. The van der Waals surface area contributed by atoms with Gasteiger partial charge in [0, 0.05) is 0 Å². The van der Waals surface area contributed by atoms with Gasteiger partial charge in [-0.1, -0.05) is 29.4 Å². The molecule has 0 aliphatic heterocycles. The Morgan fingerprint density at radius 1 is 1.00 bits per heavy atom. The Labute approximate surface area is 156 Å². The predicted molar refractivity (Wildman–Crippen MR) is 97.2 cm³/mol. The first-order valence-corrected chi connectivity index (χ1v) is 8.19. The molecule has 0 aliphatic carbocycles. The number of rotatable bonds is 8. The predicted octanol–water partition coefficient (Wildman–Crippen LogP) is 2.70. The van der Waals surface area contributed by atoms with Crippen molar-refractivity contribution in [2.24, 2.45) is 0 Å². The molecule has 1 heterocycles. The number of benzene rings is 2. The molecule has 0 unspecified atom stereocenters. The molecule has 140 valence electrons. The lowest BCUT2D eigenvalue weighted by Crippen LogP contribution is -2.20. The van der Waals surface area contributed by atoms with Gasteiger partial charge in [-0.3, -0.25) is 10.1 Å². The van der Waals surface area contributed by atoms with E-state index in [1.165, 1.54) is 7.11 Å². The minimum atomic E-state index is -0.416. The third-order valence-corrected chi connectivity index (χ3v) is 3.66. The summed E-state index contributed by atoms with van der Waals surface area (Å²) in [6, 6.07) is 14.6. The number of nitrogens with zero attached hydrogens (tertiary/aromatic N) is 2. The maximum Gasteiger partial charge on any atom is 0.322 e. The topological polar surface area (TPSA) is 95.7 Å². The van der Waals surface area contributed by atoms with Crippen molar-refractivity contribution in [1.29, 1.82) is 0 Å². The standard InChI is InChI=1S/C19H19N3O5/c1-24-14-9-7-13(8-10-14)11-18-21-22-19(27-18)20-17(23)12-26-16-6-4-3-5-15(16)25-2/h3-10H,11-12H2,1-2H3,(H,20,22,23). The van der Waals surface area contributed by atoms with E-state index in [1.54, 1.807) is 25.3 Å². The normalized spacial score (nSPS) is 10.3. The van der Waals surface area contributed by atoms with Gasteiger partial charge < -0.3 is 18.6 Å². The molecule has 1 aromatic heterocycles. The second kappa shape index (κ2) is 8.70. The summed E-state index contributed by atoms with van der Waals surface area (Å²) >= 11 is 0. The molecule has 0 fully saturated rings. The van der Waals surface area contributed by atoms with Crippen LogP contribution in [0.5, 0.6) is 17.2 Å². The van der Waals surface area contributed by atoms with Crippen LogP contribution in [0.4, 0.5) is 6.01 Å². The van der Waals surface area contributed by atoms with Crippen LogP contribution in [0, 0.1) is 0 Å². The van der Waals surface area contributed by atoms with Gasteiger partial charge in [0.2, 0.25) is 5.89 Å². The first-order chi connectivity index (χ1) is 13.2. The Kier molecular flexibility index (Phi) is 5.88. The summed E-state index contributed by atoms with van der Waals surface area (Å²) in [7, 11) is 3.14. The maximum atomic E-state index is 12.0. The van der Waals surface area contributed by atoms with E-state index in [-0.39, 0.29) is 12.6 Å². The molecule has 1 N–H and O–H groups in total. The van der Waals surface area contributed by atoms with Gasteiger partial charge in [-0.05, 0) is 29.8 Å². The van der Waals surface area contributed by atoms with Crippen LogP contribution in [0.15, 0.2) is 52.9 Å². The van der Waals surface area contributed by atoms with Crippen molar-refractivity contribution < 1.29 is 23.4 Å². The Hall–Kier alpha value is -3.55. The summed E-state index contributed by atoms with van der Waals surface area (Å²) in [5.41, 5.74) is 0.983. The van der Waals surface area contributed by atoms with E-state index >= 15 is 0 Å². The lowest BCUT2D eigenvalue weighted by atomic mass is 10.1. The van der Waals surface area contributed by atoms with E-state index in [4.69, 9.17) is 18.6 Å². The van der Waals surface area contributed by atoms with Crippen LogP contribution in [-0.4, -0.2) is 36.9 Å². The van der Waals surface area contributed by atoms with Gasteiger partial charge in [-0.2, -0.15) is 0 Å². The molecule has 2 aromatic carbocycles. The molecule has 1 amide bonds. The molecule has 0 spiro atoms. The van der Waals surface area contributed by atoms with Crippen LogP contribution in [-0.2, 0) is 11.2 Å². The Bertz CT molecular complexity index is 892. The average Bonchev–Trinajstić information content (AvgIpc) is 3.13. The van der Waals surface area contributed by atoms with Crippen LogP contribution in [0.3, 0.4) is 0 Å². The van der Waals surface area contributed by atoms with E-state index in [0.717, 1.165) is 11.3 Å². The molecule has 0 saturated heterocycles. The van der Waals surface area contributed by atoms with E-state index in [0.29, 0.717) is 23.8 Å². The summed E-state index contributed by atoms with van der Waals surface area (Å²) in [6.07, 6.45) is 0.449. The smallest absolute Gasteiger partial charge is 0.322 e. The number of carbonyl (C=O) groups is 1. The fourth-order valence-corrected chi connectivity index (χ4v) is 2.33. The number of ether oxygens (including phenoxy) is 3. The van der Waals surface area contributed by atoms with Gasteiger partial charge in [0.25, 0.3) is 5.91 Å². The maximum absolute atomic E-state index is 12.0. The zero-order valence-corrected chi connectivity index (χ0v) is 15.0. The van der Waals surface area contributed by atoms with Crippen LogP contribution < -0.4 is 19.5 Å². The van der Waals surface area contributed by atoms with Crippen molar-refractivity contribution in [3.8, 4) is 17.2 Å². The largest absolute Gasteiger partial charge is 0.497 e. The number of methoxy groups -OCH3 is 2. The van der Waals surface area contributed by atoms with Gasteiger partial charge in [0.15, 0.2) is 18.1 Å². The summed E-state index contributed by atoms with van der Waals surface area (Å²) in [4.78, 5) is 12.0. The second-order valence-corrected chi connectivity index (χ2v) is 5.51. The molecular formula is C19H19N3O5. The lowest BCUT2D eigenvalue weighted by Gasteiger charge is -2.09. The summed E-state index contributed by atoms with van der Waals surface area (Å²) in [6.45, 7) is -0.212. The highest BCUT2D eigenvalue weighted by molar-refractivity contribution is 5.89. The molecule has 0 bridgehead atoms. The van der Waals surface area contributed by atoms with Crippen molar-refractivity contribution in [2.45, 2.75) is 6.42 Å². The monoisotopic (exact) mass is 369 g/mol. The summed E-state index contributed by atoms with van der Waals surface area (Å²) < 4.78 is 21.2. The highest BCUT2D eigenvalue weighted by atomic mass is 16.5. The number of aromatic nitrogens is 2. The lowest BCUT2D eigenvalue weighted by molar-refractivity contribution is -0.118. The second-order valence-electron chi connectivity index (χ2n) is 5.51. The highest BCUT2D eigenvalue weighted by Crippen LogP contribution is 2.25. The average molecular weight is 369 g/mol. The minimum Gasteiger partial charge on any atom is -0.497 e. The minimum absolute atomic E-state index is 0.0205. The Balaban J connectivity index is 1.52.